The van der Waals surface area contributed by atoms with Crippen LogP contribution < -0.4 is 5.56 Å². The number of halogens is 1. The third kappa shape index (κ3) is 1.08. The average molecular weight is 278 g/mol. The van der Waals surface area contributed by atoms with Gasteiger partial charge in [0.2, 0.25) is 0 Å². The number of hydrogen-bond acceptors (Lipinski definition) is 3. The van der Waals surface area contributed by atoms with Crippen LogP contribution in [0.1, 0.15) is 0 Å². The van der Waals surface area contributed by atoms with Crippen molar-refractivity contribution in [3.8, 4) is 0 Å². The molecule has 2 aromatic heterocycles. The smallest absolute Gasteiger partial charge is 0.267 e. The Kier molecular flexibility index (Phi) is 1.68. The molecule has 0 amide bonds. The van der Waals surface area contributed by atoms with Crippen molar-refractivity contribution in [2.24, 2.45) is 0 Å². The molecule has 0 saturated heterocycles. The van der Waals surface area contributed by atoms with Crippen molar-refractivity contribution >= 4 is 44.5 Å². The van der Waals surface area contributed by atoms with Crippen LogP contribution in [0.25, 0.3) is 10.1 Å². The second-order valence-electron chi connectivity index (χ2n) is 2.01. The summed E-state index contributed by atoms with van der Waals surface area (Å²) in [6.45, 7) is 0. The Hall–Kier alpha value is -0.430. The maximum Gasteiger partial charge on any atom is 0.279 e. The Morgan fingerprint density at radius 2 is 2.45 bits per heavy atom. The van der Waals surface area contributed by atoms with Gasteiger partial charge in [0.15, 0.2) is 0 Å². The minimum Gasteiger partial charge on any atom is -0.267 e. The van der Waals surface area contributed by atoms with E-state index < -0.39 is 0 Å². The van der Waals surface area contributed by atoms with Crippen LogP contribution in [0.4, 0.5) is 0 Å². The molecule has 0 saturated carbocycles. The molecule has 0 aromatic carbocycles. The van der Waals surface area contributed by atoms with Gasteiger partial charge in [-0.2, -0.15) is 0 Å². The monoisotopic (exact) mass is 278 g/mol. The topological polar surface area (TPSA) is 34.9 Å². The van der Waals surface area contributed by atoms with Crippen LogP contribution in [0, 0.1) is 0 Å². The first kappa shape index (κ1) is 7.23. The standard InChI is InChI=1S/C6H3IN2OS/c7-9-6(10)4-3-8-2-1-5(4)11-9/h1-3H. The van der Waals surface area contributed by atoms with Gasteiger partial charge in [-0.15, -0.1) is 0 Å². The average Bonchev–Trinajstić information content (AvgIpc) is 2.30. The largest absolute Gasteiger partial charge is 0.279 e. The molecule has 0 aliphatic rings. The van der Waals surface area contributed by atoms with Gasteiger partial charge in [0.1, 0.15) is 0 Å². The summed E-state index contributed by atoms with van der Waals surface area (Å²) in [6, 6.07) is 1.84. The minimum absolute atomic E-state index is 0.0266. The van der Waals surface area contributed by atoms with Gasteiger partial charge in [0.25, 0.3) is 5.56 Å². The summed E-state index contributed by atoms with van der Waals surface area (Å²) in [5.41, 5.74) is 0.0266. The van der Waals surface area contributed by atoms with Crippen LogP contribution in [-0.4, -0.2) is 7.15 Å². The summed E-state index contributed by atoms with van der Waals surface area (Å²) >= 11 is 3.40. The lowest BCUT2D eigenvalue weighted by Gasteiger charge is -1.79. The molecule has 0 atom stereocenters. The Labute approximate surface area is 80.3 Å². The quantitative estimate of drug-likeness (QED) is 0.687. The fourth-order valence-corrected chi connectivity index (χ4v) is 2.45. The Bertz CT molecular complexity index is 447. The molecular weight excluding hydrogens is 275 g/mol. The zero-order valence-corrected chi connectivity index (χ0v) is 8.29. The third-order valence-electron chi connectivity index (χ3n) is 1.35. The highest BCUT2D eigenvalue weighted by molar-refractivity contribution is 14.1. The van der Waals surface area contributed by atoms with E-state index in [1.165, 1.54) is 11.5 Å². The lowest BCUT2D eigenvalue weighted by atomic mass is 10.4. The maximum absolute atomic E-state index is 11.3. The van der Waals surface area contributed by atoms with Crippen molar-refractivity contribution in [1.82, 2.24) is 7.15 Å². The van der Waals surface area contributed by atoms with Gasteiger partial charge in [-0.3, -0.25) is 9.78 Å². The molecule has 56 valence electrons. The number of fused-ring (bicyclic) bond motifs is 1. The molecule has 3 nitrogen and oxygen atoms in total. The second-order valence-corrected chi connectivity index (χ2v) is 4.62. The Morgan fingerprint density at radius 3 is 3.18 bits per heavy atom. The molecule has 2 rings (SSSR count). The Morgan fingerprint density at radius 1 is 1.64 bits per heavy atom. The molecule has 2 aromatic rings. The van der Waals surface area contributed by atoms with E-state index in [-0.39, 0.29) is 5.56 Å². The first-order chi connectivity index (χ1) is 5.29. The molecule has 0 fully saturated rings. The van der Waals surface area contributed by atoms with E-state index in [2.05, 4.69) is 4.98 Å². The summed E-state index contributed by atoms with van der Waals surface area (Å²) < 4.78 is 2.56. The highest BCUT2D eigenvalue weighted by atomic mass is 127. The van der Waals surface area contributed by atoms with E-state index in [4.69, 9.17) is 0 Å². The number of aromatic nitrogens is 2. The van der Waals surface area contributed by atoms with Crippen molar-refractivity contribution in [2.75, 3.05) is 0 Å². The summed E-state index contributed by atoms with van der Waals surface area (Å²) in [4.78, 5) is 15.1. The third-order valence-corrected chi connectivity index (χ3v) is 3.26. The molecule has 0 bridgehead atoms. The molecule has 0 spiro atoms. The van der Waals surface area contributed by atoms with Gasteiger partial charge in [-0.05, 0) is 17.6 Å². The van der Waals surface area contributed by atoms with Crippen molar-refractivity contribution in [2.45, 2.75) is 0 Å². The van der Waals surface area contributed by atoms with E-state index in [1.807, 2.05) is 28.9 Å². The van der Waals surface area contributed by atoms with Gasteiger partial charge in [0.05, 0.1) is 33.0 Å². The van der Waals surface area contributed by atoms with Crippen LogP contribution in [0.2, 0.25) is 0 Å². The summed E-state index contributed by atoms with van der Waals surface area (Å²) in [6.07, 6.45) is 3.29. The maximum atomic E-state index is 11.3. The van der Waals surface area contributed by atoms with Crippen LogP contribution in [0.5, 0.6) is 0 Å². The predicted octanol–water partition coefficient (Wildman–Crippen LogP) is 1.66. The van der Waals surface area contributed by atoms with E-state index in [0.717, 1.165) is 4.70 Å². The second kappa shape index (κ2) is 2.56. The van der Waals surface area contributed by atoms with Crippen LogP contribution in [-0.2, 0) is 0 Å². The molecule has 0 aliphatic carbocycles. The molecule has 11 heavy (non-hydrogen) atoms. The van der Waals surface area contributed by atoms with Gasteiger partial charge >= 0.3 is 0 Å². The molecule has 0 radical (unpaired) electrons. The normalized spacial score (nSPS) is 10.6. The Balaban J connectivity index is 3.04. The van der Waals surface area contributed by atoms with E-state index in [9.17, 15) is 4.79 Å². The number of rotatable bonds is 0. The van der Waals surface area contributed by atoms with E-state index >= 15 is 0 Å². The van der Waals surface area contributed by atoms with Crippen LogP contribution >= 0.6 is 34.4 Å². The summed E-state index contributed by atoms with van der Waals surface area (Å²) in [7, 11) is 0. The van der Waals surface area contributed by atoms with Crippen molar-refractivity contribution in [3.05, 3.63) is 28.8 Å². The molecular formula is C6H3IN2OS. The van der Waals surface area contributed by atoms with E-state index in [0.29, 0.717) is 5.39 Å². The predicted molar refractivity (Wildman–Crippen MR) is 53.3 cm³/mol. The first-order valence-corrected chi connectivity index (χ1v) is 4.65. The van der Waals surface area contributed by atoms with Gasteiger partial charge in [-0.25, -0.2) is 2.17 Å². The highest BCUT2D eigenvalue weighted by Crippen LogP contribution is 2.15. The number of nitrogens with zero attached hydrogens (tertiary/aromatic N) is 2. The van der Waals surface area contributed by atoms with Gasteiger partial charge < -0.3 is 0 Å². The number of hydrogen-bond donors (Lipinski definition) is 0. The summed E-state index contributed by atoms with van der Waals surface area (Å²) in [5, 5.41) is 0.701. The zero-order chi connectivity index (χ0) is 7.84. The molecule has 0 unspecified atom stereocenters. The minimum atomic E-state index is 0.0266. The van der Waals surface area contributed by atoms with Crippen molar-refractivity contribution in [3.63, 3.8) is 0 Å². The van der Waals surface area contributed by atoms with E-state index in [1.54, 1.807) is 14.6 Å². The molecule has 5 heteroatoms. The van der Waals surface area contributed by atoms with Crippen LogP contribution in [0.3, 0.4) is 0 Å². The highest BCUT2D eigenvalue weighted by Gasteiger charge is 2.03. The van der Waals surface area contributed by atoms with Crippen LogP contribution in [0.15, 0.2) is 23.3 Å². The lowest BCUT2D eigenvalue weighted by Crippen LogP contribution is -2.02. The molecule has 0 N–H and O–H groups in total. The van der Waals surface area contributed by atoms with Crippen molar-refractivity contribution in [1.29, 1.82) is 0 Å². The fraction of sp³-hybridized carbons (Fsp3) is 0. The SMILES string of the molecule is O=c1c2cnccc2sn1I. The van der Waals surface area contributed by atoms with Gasteiger partial charge in [-0.1, -0.05) is 0 Å². The fourth-order valence-electron chi connectivity index (χ4n) is 0.844. The molecule has 0 aliphatic heterocycles. The molecule has 2 heterocycles. The summed E-state index contributed by atoms with van der Waals surface area (Å²) in [5.74, 6) is 0. The van der Waals surface area contributed by atoms with Gasteiger partial charge in [0, 0.05) is 12.4 Å². The first-order valence-electron chi connectivity index (χ1n) is 2.91. The number of pyridine rings is 1. The zero-order valence-electron chi connectivity index (χ0n) is 5.32. The lowest BCUT2D eigenvalue weighted by molar-refractivity contribution is 1.35. The van der Waals surface area contributed by atoms with Crippen molar-refractivity contribution < 1.29 is 0 Å².